The standard InChI is InChI=1S/C26H24F2N4O2/c1-2-17-4-3-5-19(10-17)26(7-8-26)31-15-24(33)23(13-18-11-20(27)14-21(28)12-18)32-25(34)22-6-9-29-16-30-22/h1,3-6,9-12,14,16,23-24,31,33H,7-8,13,15H2,(H,32,34)/t23-,24-/m0/s1. The minimum atomic E-state index is -1.05. The van der Waals surface area contributed by atoms with Gasteiger partial charge in [0, 0.05) is 29.9 Å². The summed E-state index contributed by atoms with van der Waals surface area (Å²) in [5.41, 5.74) is 1.93. The van der Waals surface area contributed by atoms with E-state index in [0.29, 0.717) is 5.56 Å². The Morgan fingerprint density at radius 2 is 1.94 bits per heavy atom. The van der Waals surface area contributed by atoms with E-state index in [1.807, 2.05) is 24.3 Å². The van der Waals surface area contributed by atoms with Crippen LogP contribution in [0.15, 0.2) is 61.1 Å². The quantitative estimate of drug-likeness (QED) is 0.426. The van der Waals surface area contributed by atoms with E-state index in [1.165, 1.54) is 30.7 Å². The highest BCUT2D eigenvalue weighted by Gasteiger charge is 2.44. The molecule has 2 atom stereocenters. The summed E-state index contributed by atoms with van der Waals surface area (Å²) in [4.78, 5) is 20.4. The Hall–Kier alpha value is -3.67. The monoisotopic (exact) mass is 462 g/mol. The third kappa shape index (κ3) is 5.63. The van der Waals surface area contributed by atoms with Gasteiger partial charge in [-0.25, -0.2) is 18.7 Å². The minimum absolute atomic E-state index is 0.0218. The Labute approximate surface area is 196 Å². The van der Waals surface area contributed by atoms with E-state index in [2.05, 4.69) is 26.5 Å². The zero-order chi connectivity index (χ0) is 24.1. The molecule has 0 aliphatic heterocycles. The first kappa shape index (κ1) is 23.5. The van der Waals surface area contributed by atoms with Gasteiger partial charge in [0.25, 0.3) is 5.91 Å². The number of benzene rings is 2. The summed E-state index contributed by atoms with van der Waals surface area (Å²) in [5.74, 6) is 0.650. The second-order valence-electron chi connectivity index (χ2n) is 8.41. The highest BCUT2D eigenvalue weighted by atomic mass is 19.1. The second kappa shape index (κ2) is 10.1. The molecule has 1 saturated carbocycles. The molecule has 0 saturated heterocycles. The lowest BCUT2D eigenvalue weighted by Gasteiger charge is -2.27. The van der Waals surface area contributed by atoms with Gasteiger partial charge in [-0.15, -0.1) is 6.42 Å². The molecule has 1 heterocycles. The molecule has 1 fully saturated rings. The van der Waals surface area contributed by atoms with E-state index in [-0.39, 0.29) is 24.2 Å². The minimum Gasteiger partial charge on any atom is -0.390 e. The first-order chi connectivity index (χ1) is 16.4. The molecule has 1 aliphatic rings. The molecular formula is C26H24F2N4O2. The summed E-state index contributed by atoms with van der Waals surface area (Å²) in [5, 5.41) is 17.2. The normalized spacial score (nSPS) is 15.7. The fourth-order valence-corrected chi connectivity index (χ4v) is 3.97. The van der Waals surface area contributed by atoms with Crippen LogP contribution < -0.4 is 10.6 Å². The van der Waals surface area contributed by atoms with Crippen molar-refractivity contribution >= 4 is 5.91 Å². The van der Waals surface area contributed by atoms with Gasteiger partial charge in [-0.3, -0.25) is 4.79 Å². The molecular weight excluding hydrogens is 438 g/mol. The van der Waals surface area contributed by atoms with Crippen LogP contribution in [-0.2, 0) is 12.0 Å². The molecule has 0 unspecified atom stereocenters. The van der Waals surface area contributed by atoms with Gasteiger partial charge in [-0.1, -0.05) is 18.1 Å². The SMILES string of the molecule is C#Cc1cccc(C2(NC[C@H](O)[C@H](Cc3cc(F)cc(F)c3)NC(=O)c3ccncn3)CC2)c1. The molecule has 1 amide bonds. The number of halogens is 2. The van der Waals surface area contributed by atoms with Crippen molar-refractivity contribution in [2.75, 3.05) is 6.54 Å². The van der Waals surface area contributed by atoms with E-state index < -0.39 is 29.7 Å². The number of hydrogen-bond donors (Lipinski definition) is 3. The highest BCUT2D eigenvalue weighted by molar-refractivity contribution is 5.92. The van der Waals surface area contributed by atoms with Crippen molar-refractivity contribution in [3.8, 4) is 12.3 Å². The maximum Gasteiger partial charge on any atom is 0.270 e. The largest absolute Gasteiger partial charge is 0.390 e. The number of terminal acetylenes is 1. The molecule has 2 aromatic carbocycles. The third-order valence-corrected chi connectivity index (χ3v) is 5.95. The molecule has 0 bridgehead atoms. The Balaban J connectivity index is 1.50. The van der Waals surface area contributed by atoms with Crippen LogP contribution in [0.25, 0.3) is 0 Å². The van der Waals surface area contributed by atoms with Crippen LogP contribution in [0.5, 0.6) is 0 Å². The van der Waals surface area contributed by atoms with Gasteiger partial charge < -0.3 is 15.7 Å². The topological polar surface area (TPSA) is 87.1 Å². The zero-order valence-corrected chi connectivity index (χ0v) is 18.3. The number of aliphatic hydroxyl groups excluding tert-OH is 1. The fourth-order valence-electron chi connectivity index (χ4n) is 3.97. The van der Waals surface area contributed by atoms with Gasteiger partial charge in [-0.05, 0) is 60.7 Å². The Kier molecular flexibility index (Phi) is 6.96. The number of aliphatic hydroxyl groups is 1. The molecule has 4 rings (SSSR count). The number of nitrogens with one attached hydrogen (secondary N) is 2. The number of nitrogens with zero attached hydrogens (tertiary/aromatic N) is 2. The van der Waals surface area contributed by atoms with Crippen molar-refractivity contribution in [3.05, 3.63) is 95.1 Å². The number of aromatic nitrogens is 2. The van der Waals surface area contributed by atoms with E-state index in [1.54, 1.807) is 0 Å². The van der Waals surface area contributed by atoms with Crippen molar-refractivity contribution in [1.29, 1.82) is 0 Å². The molecule has 0 radical (unpaired) electrons. The van der Waals surface area contributed by atoms with Crippen molar-refractivity contribution in [3.63, 3.8) is 0 Å². The lowest BCUT2D eigenvalue weighted by molar-refractivity contribution is 0.0817. The second-order valence-corrected chi connectivity index (χ2v) is 8.41. The molecule has 34 heavy (non-hydrogen) atoms. The Bertz CT molecular complexity index is 1190. The van der Waals surface area contributed by atoms with Gasteiger partial charge in [0.15, 0.2) is 0 Å². The van der Waals surface area contributed by atoms with Gasteiger partial charge in [0.1, 0.15) is 23.7 Å². The highest BCUT2D eigenvalue weighted by Crippen LogP contribution is 2.45. The number of carbonyl (C=O) groups is 1. The molecule has 6 nitrogen and oxygen atoms in total. The van der Waals surface area contributed by atoms with Crippen molar-refractivity contribution < 1.29 is 18.7 Å². The first-order valence-corrected chi connectivity index (χ1v) is 10.9. The summed E-state index contributed by atoms with van der Waals surface area (Å²) < 4.78 is 27.5. The van der Waals surface area contributed by atoms with E-state index in [0.717, 1.165) is 30.0 Å². The summed E-state index contributed by atoms with van der Waals surface area (Å²) in [6, 6.07) is 11.4. The van der Waals surface area contributed by atoms with E-state index in [4.69, 9.17) is 6.42 Å². The molecule has 3 aromatic rings. The van der Waals surface area contributed by atoms with Crippen molar-refractivity contribution in [2.45, 2.75) is 36.9 Å². The molecule has 1 aromatic heterocycles. The van der Waals surface area contributed by atoms with Crippen molar-refractivity contribution in [1.82, 2.24) is 20.6 Å². The van der Waals surface area contributed by atoms with Crippen LogP contribution >= 0.6 is 0 Å². The third-order valence-electron chi connectivity index (χ3n) is 5.95. The predicted octanol–water partition coefficient (Wildman–Crippen LogP) is 2.72. The van der Waals surface area contributed by atoms with E-state index >= 15 is 0 Å². The summed E-state index contributed by atoms with van der Waals surface area (Å²) in [6.45, 7) is 0.146. The molecule has 3 N–H and O–H groups in total. The number of hydrogen-bond acceptors (Lipinski definition) is 5. The molecule has 1 aliphatic carbocycles. The van der Waals surface area contributed by atoms with Crippen LogP contribution in [0.1, 0.15) is 40.0 Å². The van der Waals surface area contributed by atoms with Gasteiger partial charge >= 0.3 is 0 Å². The van der Waals surface area contributed by atoms with Crippen LogP contribution in [0.3, 0.4) is 0 Å². The molecule has 0 spiro atoms. The number of rotatable bonds is 9. The van der Waals surface area contributed by atoms with Crippen molar-refractivity contribution in [2.24, 2.45) is 0 Å². The average molecular weight is 463 g/mol. The average Bonchev–Trinajstić information content (AvgIpc) is 3.63. The maximum absolute atomic E-state index is 13.7. The summed E-state index contributed by atoms with van der Waals surface area (Å²) in [6.07, 6.45) is 8.91. The fraction of sp³-hybridized carbons (Fsp3) is 0.269. The first-order valence-electron chi connectivity index (χ1n) is 10.9. The van der Waals surface area contributed by atoms with Crippen LogP contribution in [0.2, 0.25) is 0 Å². The van der Waals surface area contributed by atoms with Crippen LogP contribution in [-0.4, -0.2) is 39.7 Å². The van der Waals surface area contributed by atoms with E-state index in [9.17, 15) is 18.7 Å². The summed E-state index contributed by atoms with van der Waals surface area (Å²) in [7, 11) is 0. The zero-order valence-electron chi connectivity index (χ0n) is 18.3. The number of amides is 1. The smallest absolute Gasteiger partial charge is 0.270 e. The number of carbonyl (C=O) groups excluding carboxylic acids is 1. The summed E-state index contributed by atoms with van der Waals surface area (Å²) >= 11 is 0. The van der Waals surface area contributed by atoms with Gasteiger partial charge in [0.2, 0.25) is 0 Å². The lowest BCUT2D eigenvalue weighted by atomic mass is 9.98. The maximum atomic E-state index is 13.7. The van der Waals surface area contributed by atoms with Crippen LogP contribution in [0, 0.1) is 24.0 Å². The Morgan fingerprint density at radius 3 is 2.59 bits per heavy atom. The van der Waals surface area contributed by atoms with Gasteiger partial charge in [0.05, 0.1) is 12.1 Å². The predicted molar refractivity (Wildman–Crippen MR) is 123 cm³/mol. The Morgan fingerprint density at radius 1 is 1.18 bits per heavy atom. The van der Waals surface area contributed by atoms with Crippen LogP contribution in [0.4, 0.5) is 8.78 Å². The van der Waals surface area contributed by atoms with Gasteiger partial charge in [-0.2, -0.15) is 0 Å². The molecule has 174 valence electrons. The lowest BCUT2D eigenvalue weighted by Crippen LogP contribution is -2.50. The molecule has 8 heteroatoms.